The highest BCUT2D eigenvalue weighted by Gasteiger charge is 2.33. The van der Waals surface area contributed by atoms with Gasteiger partial charge in [0.25, 0.3) is 5.56 Å². The number of nitrogens with zero attached hydrogens (tertiary/aromatic N) is 6. The molecule has 164 valence electrons. The second-order valence-electron chi connectivity index (χ2n) is 8.74. The van der Waals surface area contributed by atoms with Crippen LogP contribution in [0.5, 0.6) is 0 Å². The van der Waals surface area contributed by atoms with Crippen molar-refractivity contribution in [1.82, 2.24) is 35.0 Å². The topological polar surface area (TPSA) is 92.2 Å². The summed E-state index contributed by atoms with van der Waals surface area (Å²) in [5.74, 6) is 0.706. The Bertz CT molecular complexity index is 1110. The van der Waals surface area contributed by atoms with Gasteiger partial charge in [-0.2, -0.15) is 0 Å². The Balaban J connectivity index is 1.58. The Morgan fingerprint density at radius 3 is 2.84 bits per heavy atom. The van der Waals surface area contributed by atoms with Gasteiger partial charge in [-0.3, -0.25) is 9.69 Å². The molecule has 2 aliphatic heterocycles. The second-order valence-corrected chi connectivity index (χ2v) is 8.74. The molecule has 9 nitrogen and oxygen atoms in total. The Labute approximate surface area is 181 Å². The molecule has 2 aliphatic rings. The van der Waals surface area contributed by atoms with E-state index >= 15 is 0 Å². The van der Waals surface area contributed by atoms with Crippen LogP contribution in [-0.2, 0) is 11.3 Å². The average molecular weight is 424 g/mol. The van der Waals surface area contributed by atoms with E-state index in [9.17, 15) is 4.79 Å². The van der Waals surface area contributed by atoms with Crippen LogP contribution in [0.4, 0.5) is 0 Å². The number of tetrazole rings is 1. The van der Waals surface area contributed by atoms with Gasteiger partial charge in [-0.15, -0.1) is 5.10 Å². The smallest absolute Gasteiger partial charge is 0.253 e. The van der Waals surface area contributed by atoms with Crippen LogP contribution in [0.3, 0.4) is 0 Å². The fourth-order valence-corrected chi connectivity index (χ4v) is 4.63. The van der Waals surface area contributed by atoms with E-state index in [1.165, 1.54) is 0 Å². The van der Waals surface area contributed by atoms with Gasteiger partial charge >= 0.3 is 0 Å². The molecule has 4 heterocycles. The van der Waals surface area contributed by atoms with Crippen LogP contribution in [0.2, 0.25) is 0 Å². The molecule has 2 saturated heterocycles. The number of ether oxygens (including phenoxy) is 1. The molecule has 1 aromatic carbocycles. The molecule has 9 heteroatoms. The van der Waals surface area contributed by atoms with Crippen LogP contribution in [0.15, 0.2) is 29.1 Å². The molecule has 0 radical (unpaired) electrons. The van der Waals surface area contributed by atoms with Gasteiger partial charge in [-0.05, 0) is 60.3 Å². The molecule has 2 unspecified atom stereocenters. The Morgan fingerprint density at radius 1 is 1.23 bits per heavy atom. The highest BCUT2D eigenvalue weighted by molar-refractivity contribution is 5.79. The summed E-state index contributed by atoms with van der Waals surface area (Å²) in [4.78, 5) is 21.0. The van der Waals surface area contributed by atoms with Crippen LogP contribution in [0.1, 0.15) is 35.8 Å². The largest absolute Gasteiger partial charge is 0.376 e. The lowest BCUT2D eigenvalue weighted by molar-refractivity contribution is 0.0878. The molecule has 0 bridgehead atoms. The molecule has 0 amide bonds. The average Bonchev–Trinajstić information content (AvgIpc) is 3.43. The van der Waals surface area contributed by atoms with Crippen molar-refractivity contribution < 1.29 is 4.74 Å². The summed E-state index contributed by atoms with van der Waals surface area (Å²) in [6.45, 7) is 6.99. The molecular weight excluding hydrogens is 394 g/mol. The van der Waals surface area contributed by atoms with E-state index in [4.69, 9.17) is 4.74 Å². The van der Waals surface area contributed by atoms with Crippen molar-refractivity contribution in [3.63, 3.8) is 0 Å². The SMILES string of the molecule is Cc1ccc2cc(C(c3nnnn3CC3CCCO3)N3CCN(C)CC3)c(=O)[nH]c2c1. The van der Waals surface area contributed by atoms with E-state index in [0.717, 1.165) is 62.1 Å². The van der Waals surface area contributed by atoms with E-state index in [2.05, 4.69) is 49.5 Å². The number of pyridine rings is 1. The van der Waals surface area contributed by atoms with Crippen molar-refractivity contribution in [2.75, 3.05) is 39.8 Å². The number of aromatic amines is 1. The maximum atomic E-state index is 13.2. The third-order valence-electron chi connectivity index (χ3n) is 6.43. The number of hydrogen-bond donors (Lipinski definition) is 1. The number of hydrogen-bond acceptors (Lipinski definition) is 7. The Hall–Kier alpha value is -2.62. The van der Waals surface area contributed by atoms with Gasteiger partial charge in [0, 0.05) is 43.9 Å². The summed E-state index contributed by atoms with van der Waals surface area (Å²) in [5.41, 5.74) is 2.56. The molecular formula is C22H29N7O2. The van der Waals surface area contributed by atoms with Crippen LogP contribution in [0.25, 0.3) is 10.9 Å². The van der Waals surface area contributed by atoms with E-state index in [-0.39, 0.29) is 17.7 Å². The number of aromatic nitrogens is 5. The van der Waals surface area contributed by atoms with Crippen molar-refractivity contribution >= 4 is 10.9 Å². The number of nitrogens with one attached hydrogen (secondary N) is 1. The van der Waals surface area contributed by atoms with Gasteiger partial charge in [0.15, 0.2) is 5.82 Å². The summed E-state index contributed by atoms with van der Waals surface area (Å²) in [6, 6.07) is 7.82. The molecule has 0 saturated carbocycles. The second kappa shape index (κ2) is 8.49. The minimum Gasteiger partial charge on any atom is -0.376 e. The molecule has 0 aliphatic carbocycles. The van der Waals surface area contributed by atoms with E-state index in [0.29, 0.717) is 17.9 Å². The van der Waals surface area contributed by atoms with Crippen LogP contribution in [-0.4, -0.2) is 80.9 Å². The monoisotopic (exact) mass is 423 g/mol. The van der Waals surface area contributed by atoms with Gasteiger partial charge in [0.1, 0.15) is 6.04 Å². The molecule has 5 rings (SSSR count). The fourth-order valence-electron chi connectivity index (χ4n) is 4.63. The lowest BCUT2D eigenvalue weighted by Crippen LogP contribution is -2.47. The number of aryl methyl sites for hydroxylation is 1. The maximum absolute atomic E-state index is 13.2. The number of likely N-dealkylation sites (N-methyl/N-ethyl adjacent to an activating group) is 1. The van der Waals surface area contributed by atoms with Crippen molar-refractivity contribution in [2.45, 2.75) is 38.5 Å². The lowest BCUT2D eigenvalue weighted by atomic mass is 10.0. The quantitative estimate of drug-likeness (QED) is 0.662. The normalized spacial score (nSPS) is 21.7. The summed E-state index contributed by atoms with van der Waals surface area (Å²) in [6.07, 6.45) is 2.19. The van der Waals surface area contributed by atoms with Crippen molar-refractivity contribution in [3.8, 4) is 0 Å². The number of H-pyrrole nitrogens is 1. The molecule has 2 aromatic heterocycles. The van der Waals surface area contributed by atoms with Crippen molar-refractivity contribution in [1.29, 1.82) is 0 Å². The Kier molecular flexibility index (Phi) is 5.56. The zero-order valence-corrected chi connectivity index (χ0v) is 18.1. The van der Waals surface area contributed by atoms with Crippen molar-refractivity contribution in [3.05, 3.63) is 51.6 Å². The minimum atomic E-state index is -0.306. The van der Waals surface area contributed by atoms with Gasteiger partial charge in [-0.25, -0.2) is 4.68 Å². The van der Waals surface area contributed by atoms with E-state index < -0.39 is 0 Å². The van der Waals surface area contributed by atoms with Gasteiger partial charge in [0.2, 0.25) is 0 Å². The first-order chi connectivity index (χ1) is 15.1. The number of fused-ring (bicyclic) bond motifs is 1. The molecule has 3 aromatic rings. The number of rotatable bonds is 5. The highest BCUT2D eigenvalue weighted by Crippen LogP contribution is 2.28. The third kappa shape index (κ3) is 4.13. The van der Waals surface area contributed by atoms with Gasteiger partial charge in [0.05, 0.1) is 12.6 Å². The summed E-state index contributed by atoms with van der Waals surface area (Å²) in [5, 5.41) is 13.7. The maximum Gasteiger partial charge on any atom is 0.253 e. The minimum absolute atomic E-state index is 0.0892. The molecule has 1 N–H and O–H groups in total. The first-order valence-electron chi connectivity index (χ1n) is 11.0. The van der Waals surface area contributed by atoms with Crippen LogP contribution in [0, 0.1) is 6.92 Å². The lowest BCUT2D eigenvalue weighted by Gasteiger charge is -2.37. The summed E-state index contributed by atoms with van der Waals surface area (Å²) >= 11 is 0. The molecule has 0 spiro atoms. The third-order valence-corrected chi connectivity index (χ3v) is 6.43. The molecule has 31 heavy (non-hydrogen) atoms. The highest BCUT2D eigenvalue weighted by atomic mass is 16.5. The fraction of sp³-hybridized carbons (Fsp3) is 0.545. The summed E-state index contributed by atoms with van der Waals surface area (Å²) in [7, 11) is 2.12. The van der Waals surface area contributed by atoms with Crippen LogP contribution < -0.4 is 5.56 Å². The van der Waals surface area contributed by atoms with Crippen LogP contribution >= 0.6 is 0 Å². The number of piperazine rings is 1. The van der Waals surface area contributed by atoms with Gasteiger partial charge < -0.3 is 14.6 Å². The van der Waals surface area contributed by atoms with Crippen molar-refractivity contribution in [2.24, 2.45) is 0 Å². The number of benzene rings is 1. The van der Waals surface area contributed by atoms with E-state index in [1.807, 2.05) is 23.7 Å². The molecule has 2 atom stereocenters. The van der Waals surface area contributed by atoms with Gasteiger partial charge in [-0.1, -0.05) is 12.1 Å². The predicted molar refractivity (Wildman–Crippen MR) is 117 cm³/mol. The standard InChI is InChI=1S/C22H29N7O2/c1-15-5-6-16-13-18(22(30)23-19(16)12-15)20(28-9-7-27(2)8-10-28)21-24-25-26-29(21)14-17-4-3-11-31-17/h5-6,12-13,17,20H,3-4,7-11,14H2,1-2H3,(H,23,30). The summed E-state index contributed by atoms with van der Waals surface area (Å²) < 4.78 is 7.65. The first-order valence-corrected chi connectivity index (χ1v) is 11.0. The Morgan fingerprint density at radius 2 is 2.06 bits per heavy atom. The predicted octanol–water partition coefficient (Wildman–Crippen LogP) is 1.34. The zero-order chi connectivity index (χ0) is 21.4. The molecule has 2 fully saturated rings. The zero-order valence-electron chi connectivity index (χ0n) is 18.1. The first kappa shape index (κ1) is 20.3. The van der Waals surface area contributed by atoms with E-state index in [1.54, 1.807) is 0 Å².